The van der Waals surface area contributed by atoms with E-state index in [0.29, 0.717) is 35.8 Å². The van der Waals surface area contributed by atoms with Crippen molar-refractivity contribution in [3.05, 3.63) is 42.5 Å². The lowest BCUT2D eigenvalue weighted by molar-refractivity contribution is -0.121. The molecule has 36 heavy (non-hydrogen) atoms. The van der Waals surface area contributed by atoms with Crippen LogP contribution in [0, 0.1) is 5.92 Å². The monoisotopic (exact) mass is 531 g/mol. The van der Waals surface area contributed by atoms with Crippen molar-refractivity contribution in [2.75, 3.05) is 36.8 Å². The molecule has 2 aromatic carbocycles. The van der Waals surface area contributed by atoms with Crippen molar-refractivity contribution in [1.82, 2.24) is 15.2 Å². The summed E-state index contributed by atoms with van der Waals surface area (Å²) >= 11 is 1.28. The van der Waals surface area contributed by atoms with Crippen LogP contribution < -0.4 is 20.1 Å². The summed E-state index contributed by atoms with van der Waals surface area (Å²) in [6.45, 7) is 11.7. The van der Waals surface area contributed by atoms with Gasteiger partial charge in [0.05, 0.1) is 16.1 Å². The number of carbonyl (C=O) groups excluding carboxylic acids is 1. The molecule has 1 aliphatic heterocycles. The lowest BCUT2D eigenvalue weighted by Crippen LogP contribution is -2.48. The van der Waals surface area contributed by atoms with E-state index in [9.17, 15) is 13.2 Å². The molecule has 1 amide bonds. The smallest absolute Gasteiger partial charge is 0.339 e. The Morgan fingerprint density at radius 3 is 2.44 bits per heavy atom. The van der Waals surface area contributed by atoms with Gasteiger partial charge in [-0.1, -0.05) is 11.3 Å². The first-order chi connectivity index (χ1) is 17.1. The maximum atomic E-state index is 12.8. The average Bonchev–Trinajstić information content (AvgIpc) is 3.16. The van der Waals surface area contributed by atoms with E-state index in [1.54, 1.807) is 30.3 Å². The molecule has 0 unspecified atom stereocenters. The lowest BCUT2D eigenvalue weighted by atomic mass is 10.0. The van der Waals surface area contributed by atoms with Crippen molar-refractivity contribution < 1.29 is 17.4 Å². The number of hydrogen-bond donors (Lipinski definition) is 3. The van der Waals surface area contributed by atoms with E-state index in [0.717, 1.165) is 23.5 Å². The minimum Gasteiger partial charge on any atom is -0.384 e. The van der Waals surface area contributed by atoms with Gasteiger partial charge in [-0.05, 0) is 64.1 Å². The molecule has 194 valence electrons. The van der Waals surface area contributed by atoms with Crippen LogP contribution in [-0.2, 0) is 14.9 Å². The van der Waals surface area contributed by atoms with E-state index in [4.69, 9.17) is 4.18 Å². The topological polar surface area (TPSA) is 113 Å². The van der Waals surface area contributed by atoms with Gasteiger partial charge >= 0.3 is 10.1 Å². The van der Waals surface area contributed by atoms with Gasteiger partial charge in [0.15, 0.2) is 5.13 Å². The average molecular weight is 532 g/mol. The molecule has 1 fully saturated rings. The fourth-order valence-corrected chi connectivity index (χ4v) is 5.87. The second-order valence-corrected chi connectivity index (χ2v) is 12.0. The summed E-state index contributed by atoms with van der Waals surface area (Å²) in [4.78, 5) is 19.0. The fourth-order valence-electron chi connectivity index (χ4n) is 4.05. The highest BCUT2D eigenvalue weighted by Gasteiger charge is 2.25. The molecule has 2 heterocycles. The number of rotatable bonds is 11. The lowest BCUT2D eigenvalue weighted by Gasteiger charge is -2.30. The zero-order valence-electron chi connectivity index (χ0n) is 20.9. The maximum absolute atomic E-state index is 12.8. The van der Waals surface area contributed by atoms with Gasteiger partial charge < -0.3 is 20.1 Å². The van der Waals surface area contributed by atoms with E-state index >= 15 is 0 Å². The number of amides is 1. The van der Waals surface area contributed by atoms with Gasteiger partial charge in [-0.15, -0.1) is 0 Å². The first-order valence-electron chi connectivity index (χ1n) is 12.1. The third-order valence-electron chi connectivity index (χ3n) is 6.12. The minimum atomic E-state index is -4.00. The van der Waals surface area contributed by atoms with Crippen LogP contribution >= 0.6 is 11.3 Å². The van der Waals surface area contributed by atoms with Crippen LogP contribution in [0.1, 0.15) is 27.7 Å². The summed E-state index contributed by atoms with van der Waals surface area (Å²) < 4.78 is 31.8. The number of fused-ring (bicyclic) bond motifs is 1. The first kappa shape index (κ1) is 26.3. The Labute approximate surface area is 216 Å². The molecule has 1 aliphatic rings. The molecule has 0 radical (unpaired) electrons. The number of thiazole rings is 1. The van der Waals surface area contributed by atoms with Crippen LogP contribution in [0.4, 0.5) is 10.8 Å². The van der Waals surface area contributed by atoms with Crippen molar-refractivity contribution in [3.8, 4) is 5.75 Å². The van der Waals surface area contributed by atoms with Crippen molar-refractivity contribution >= 4 is 48.4 Å². The van der Waals surface area contributed by atoms with Gasteiger partial charge in [-0.25, -0.2) is 4.98 Å². The molecule has 0 saturated carbocycles. The van der Waals surface area contributed by atoms with E-state index in [1.807, 2.05) is 0 Å². The quantitative estimate of drug-likeness (QED) is 0.321. The summed E-state index contributed by atoms with van der Waals surface area (Å²) in [5, 5.41) is 9.72. The van der Waals surface area contributed by atoms with Gasteiger partial charge in [-0.3, -0.25) is 9.69 Å². The highest BCUT2D eigenvalue weighted by Crippen LogP contribution is 2.31. The number of nitrogens with one attached hydrogen (secondary N) is 3. The van der Waals surface area contributed by atoms with Crippen molar-refractivity contribution in [2.24, 2.45) is 5.92 Å². The van der Waals surface area contributed by atoms with Crippen molar-refractivity contribution in [2.45, 2.75) is 44.7 Å². The predicted octanol–water partition coefficient (Wildman–Crippen LogP) is 3.75. The van der Waals surface area contributed by atoms with Crippen molar-refractivity contribution in [3.63, 3.8) is 0 Å². The molecule has 0 bridgehead atoms. The fraction of sp³-hybridized carbons (Fsp3) is 0.440. The second-order valence-electron chi connectivity index (χ2n) is 9.41. The SMILES string of the molecule is CC(C)N(CCNc1ccc(S(=O)(=O)Oc2ccc3nc(NC(=O)C4CNC4)sc3c2)cc1)C(C)C. The predicted molar refractivity (Wildman–Crippen MR) is 144 cm³/mol. The number of nitrogens with zero attached hydrogens (tertiary/aromatic N) is 2. The standard InChI is InChI=1S/C25H33N5O4S2/c1-16(2)30(17(3)4)12-11-27-19-5-8-21(9-6-19)36(32,33)34-20-7-10-22-23(13-20)35-25(28-22)29-24(31)18-14-26-15-18/h5-10,13,16-18,26-27H,11-12,14-15H2,1-4H3,(H,28,29,31). The highest BCUT2D eigenvalue weighted by molar-refractivity contribution is 7.87. The molecular weight excluding hydrogens is 498 g/mol. The van der Waals surface area contributed by atoms with E-state index < -0.39 is 10.1 Å². The molecule has 0 aliphatic carbocycles. The molecule has 11 heteroatoms. The normalized spacial score (nSPS) is 14.4. The second kappa shape index (κ2) is 11.1. The summed E-state index contributed by atoms with van der Waals surface area (Å²) in [6, 6.07) is 12.3. The molecule has 4 rings (SSSR count). The summed E-state index contributed by atoms with van der Waals surface area (Å²) in [5.74, 6) is 0.0799. The van der Waals surface area contributed by atoms with Crippen LogP contribution in [0.25, 0.3) is 10.2 Å². The van der Waals surface area contributed by atoms with Crippen molar-refractivity contribution in [1.29, 1.82) is 0 Å². The van der Waals surface area contributed by atoms with Crippen LogP contribution in [0.15, 0.2) is 47.4 Å². The third-order valence-corrected chi connectivity index (χ3v) is 8.31. The van der Waals surface area contributed by atoms with Crippen LogP contribution in [0.5, 0.6) is 5.75 Å². The van der Waals surface area contributed by atoms with E-state index in [1.165, 1.54) is 23.5 Å². The summed E-state index contributed by atoms with van der Waals surface area (Å²) in [5.41, 5.74) is 1.51. The zero-order chi connectivity index (χ0) is 25.9. The number of anilines is 2. The summed E-state index contributed by atoms with van der Waals surface area (Å²) in [7, 11) is -4.00. The first-order valence-corrected chi connectivity index (χ1v) is 14.3. The van der Waals surface area contributed by atoms with Gasteiger partial charge in [-0.2, -0.15) is 8.42 Å². The maximum Gasteiger partial charge on any atom is 0.339 e. The van der Waals surface area contributed by atoms with Gasteiger partial charge in [0, 0.05) is 50.0 Å². The molecular formula is C25H33N5O4S2. The number of aromatic nitrogens is 1. The van der Waals surface area contributed by atoms with Gasteiger partial charge in [0.1, 0.15) is 10.6 Å². The van der Waals surface area contributed by atoms with Crippen LogP contribution in [0.3, 0.4) is 0 Å². The largest absolute Gasteiger partial charge is 0.384 e. The van der Waals surface area contributed by atoms with Gasteiger partial charge in [0.25, 0.3) is 0 Å². The Kier molecular flexibility index (Phi) is 8.13. The highest BCUT2D eigenvalue weighted by atomic mass is 32.2. The Bertz CT molecular complexity index is 1290. The third kappa shape index (κ3) is 6.33. The molecule has 0 atom stereocenters. The molecule has 0 spiro atoms. The molecule has 1 saturated heterocycles. The number of hydrogen-bond acceptors (Lipinski definition) is 9. The van der Waals surface area contributed by atoms with E-state index in [-0.39, 0.29) is 22.5 Å². The number of benzene rings is 2. The van der Waals surface area contributed by atoms with E-state index in [2.05, 4.69) is 53.5 Å². The molecule has 3 N–H and O–H groups in total. The Balaban J connectivity index is 1.37. The minimum absolute atomic E-state index is 0.0441. The molecule has 1 aromatic heterocycles. The Hall–Kier alpha value is -2.73. The molecule has 3 aromatic rings. The van der Waals surface area contributed by atoms with Gasteiger partial charge in [0.2, 0.25) is 5.91 Å². The Morgan fingerprint density at radius 1 is 1.14 bits per heavy atom. The zero-order valence-corrected chi connectivity index (χ0v) is 22.6. The molecule has 9 nitrogen and oxygen atoms in total. The number of carbonyl (C=O) groups is 1. The van der Waals surface area contributed by atoms with Crippen LogP contribution in [0.2, 0.25) is 0 Å². The Morgan fingerprint density at radius 2 is 1.83 bits per heavy atom. The van der Waals surface area contributed by atoms with Crippen LogP contribution in [-0.4, -0.2) is 62.5 Å². The summed E-state index contributed by atoms with van der Waals surface area (Å²) in [6.07, 6.45) is 0.